The number of aromatic nitrogens is 5. The van der Waals surface area contributed by atoms with E-state index >= 15 is 0 Å². The molecular weight excluding hydrogens is 338 g/mol. The molecule has 2 N–H and O–H groups in total. The number of benzene rings is 1. The summed E-state index contributed by atoms with van der Waals surface area (Å²) in [6.45, 7) is 3.78. The minimum absolute atomic E-state index is 0.0935. The summed E-state index contributed by atoms with van der Waals surface area (Å²) in [5.41, 5.74) is 2.43. The molecule has 136 valence electrons. The third kappa shape index (κ3) is 3.79. The molecule has 2 aromatic heterocycles. The number of imidazole rings is 1. The number of anilines is 2. The number of nitrogens with one attached hydrogen (secondary N) is 2. The summed E-state index contributed by atoms with van der Waals surface area (Å²) in [5, 5.41) is 13.1. The van der Waals surface area contributed by atoms with Gasteiger partial charge in [0.2, 0.25) is 5.91 Å². The van der Waals surface area contributed by atoms with E-state index in [2.05, 4.69) is 25.8 Å². The van der Waals surface area contributed by atoms with E-state index in [9.17, 15) is 9.59 Å². The first-order valence-corrected chi connectivity index (χ1v) is 8.03. The zero-order valence-corrected chi connectivity index (χ0v) is 14.7. The van der Waals surface area contributed by atoms with Gasteiger partial charge in [-0.2, -0.15) is 9.90 Å². The lowest BCUT2D eigenvalue weighted by Gasteiger charge is -2.05. The van der Waals surface area contributed by atoms with Crippen molar-refractivity contribution >= 4 is 34.5 Å². The van der Waals surface area contributed by atoms with Gasteiger partial charge >= 0.3 is 6.09 Å². The summed E-state index contributed by atoms with van der Waals surface area (Å²) in [6, 6.07) is 5.52. The molecule has 0 atom stereocenters. The minimum Gasteiger partial charge on any atom is -0.450 e. The fraction of sp³-hybridized carbons (Fsp3) is 0.312. The molecule has 0 saturated carbocycles. The van der Waals surface area contributed by atoms with Crippen LogP contribution in [0.15, 0.2) is 24.4 Å². The van der Waals surface area contributed by atoms with Crippen LogP contribution < -0.4 is 10.6 Å². The first kappa shape index (κ1) is 17.4. The monoisotopic (exact) mass is 357 g/mol. The van der Waals surface area contributed by atoms with E-state index < -0.39 is 6.09 Å². The molecule has 1 aromatic carbocycles. The fourth-order valence-corrected chi connectivity index (χ4v) is 2.43. The molecule has 3 aromatic rings. The molecule has 0 unspecified atom stereocenters. The van der Waals surface area contributed by atoms with Crippen molar-refractivity contribution in [1.29, 1.82) is 0 Å². The molecular formula is C16H19N7O3. The molecule has 10 heteroatoms. The molecule has 2 amide bonds. The van der Waals surface area contributed by atoms with Crippen LogP contribution in [-0.2, 0) is 23.1 Å². The van der Waals surface area contributed by atoms with E-state index in [-0.39, 0.29) is 24.9 Å². The maximum atomic E-state index is 12.2. The predicted octanol–water partition coefficient (Wildman–Crippen LogP) is 1.68. The highest BCUT2D eigenvalue weighted by Crippen LogP contribution is 2.19. The Morgan fingerprint density at radius 2 is 2.08 bits per heavy atom. The zero-order chi connectivity index (χ0) is 18.7. The minimum atomic E-state index is -0.622. The fourth-order valence-electron chi connectivity index (χ4n) is 2.43. The molecule has 26 heavy (non-hydrogen) atoms. The summed E-state index contributed by atoms with van der Waals surface area (Å²) in [6.07, 6.45) is 0.718. The van der Waals surface area contributed by atoms with Gasteiger partial charge in [0.25, 0.3) is 0 Å². The van der Waals surface area contributed by atoms with Crippen molar-refractivity contribution < 1.29 is 14.3 Å². The Bertz CT molecular complexity index is 960. The number of hydrogen-bond acceptors (Lipinski definition) is 6. The van der Waals surface area contributed by atoms with E-state index in [0.29, 0.717) is 5.69 Å². The van der Waals surface area contributed by atoms with Crippen LogP contribution in [0.3, 0.4) is 0 Å². The average molecular weight is 357 g/mol. The zero-order valence-electron chi connectivity index (χ0n) is 14.7. The number of hydrogen-bond donors (Lipinski definition) is 2. The van der Waals surface area contributed by atoms with Gasteiger partial charge in [-0.15, -0.1) is 5.10 Å². The van der Waals surface area contributed by atoms with Crippen LogP contribution in [0.1, 0.15) is 12.7 Å². The highest BCUT2D eigenvalue weighted by atomic mass is 16.5. The largest absolute Gasteiger partial charge is 0.450 e. The quantitative estimate of drug-likeness (QED) is 0.718. The van der Waals surface area contributed by atoms with Crippen molar-refractivity contribution in [1.82, 2.24) is 24.5 Å². The maximum Gasteiger partial charge on any atom is 0.412 e. The number of fused-ring (bicyclic) bond motifs is 1. The topological polar surface area (TPSA) is 116 Å². The summed E-state index contributed by atoms with van der Waals surface area (Å²) in [4.78, 5) is 29.1. The molecule has 10 nitrogen and oxygen atoms in total. The van der Waals surface area contributed by atoms with E-state index in [1.54, 1.807) is 6.92 Å². The lowest BCUT2D eigenvalue weighted by molar-refractivity contribution is -0.117. The van der Waals surface area contributed by atoms with Crippen molar-refractivity contribution in [3.05, 3.63) is 30.2 Å². The third-order valence-corrected chi connectivity index (χ3v) is 3.72. The van der Waals surface area contributed by atoms with Crippen molar-refractivity contribution in [2.75, 3.05) is 17.2 Å². The van der Waals surface area contributed by atoms with Gasteiger partial charge < -0.3 is 14.6 Å². The van der Waals surface area contributed by atoms with E-state index in [4.69, 9.17) is 4.74 Å². The number of rotatable bonds is 5. The van der Waals surface area contributed by atoms with Crippen LogP contribution in [-0.4, -0.2) is 43.2 Å². The Labute approximate surface area is 149 Å². The van der Waals surface area contributed by atoms with Gasteiger partial charge in [-0.3, -0.25) is 10.1 Å². The number of carbonyl (C=O) groups is 2. The van der Waals surface area contributed by atoms with Crippen molar-refractivity contribution in [3.8, 4) is 0 Å². The van der Waals surface area contributed by atoms with Crippen LogP contribution in [0.25, 0.3) is 11.0 Å². The van der Waals surface area contributed by atoms with Crippen LogP contribution in [0.2, 0.25) is 0 Å². The molecule has 0 aliphatic heterocycles. The van der Waals surface area contributed by atoms with E-state index in [0.717, 1.165) is 16.9 Å². The molecule has 0 aliphatic carbocycles. The lowest BCUT2D eigenvalue weighted by Crippen LogP contribution is -2.20. The number of aryl methyl sites for hydroxylation is 2. The summed E-state index contributed by atoms with van der Waals surface area (Å²) >= 11 is 0. The van der Waals surface area contributed by atoms with Crippen molar-refractivity contribution in [2.24, 2.45) is 7.05 Å². The first-order chi connectivity index (χ1) is 12.5. The van der Waals surface area contributed by atoms with Gasteiger partial charge in [0.05, 0.1) is 23.8 Å². The predicted molar refractivity (Wildman–Crippen MR) is 94.7 cm³/mol. The highest BCUT2D eigenvalue weighted by Gasteiger charge is 2.11. The Hall–Kier alpha value is -3.43. The van der Waals surface area contributed by atoms with Crippen LogP contribution in [0.5, 0.6) is 0 Å². The second kappa shape index (κ2) is 7.21. The number of ether oxygens (including phenoxy) is 1. The van der Waals surface area contributed by atoms with Gasteiger partial charge in [0.15, 0.2) is 5.82 Å². The number of nitrogens with zero attached hydrogens (tertiary/aromatic N) is 5. The molecule has 0 radical (unpaired) electrons. The molecule has 3 rings (SSSR count). The molecule has 0 bridgehead atoms. The van der Waals surface area contributed by atoms with E-state index in [1.807, 2.05) is 36.7 Å². The smallest absolute Gasteiger partial charge is 0.412 e. The maximum absolute atomic E-state index is 12.2. The Balaban J connectivity index is 1.62. The summed E-state index contributed by atoms with van der Waals surface area (Å²) in [5.74, 6) is 0.808. The highest BCUT2D eigenvalue weighted by molar-refractivity contribution is 5.93. The first-order valence-electron chi connectivity index (χ1n) is 8.03. The van der Waals surface area contributed by atoms with E-state index in [1.165, 1.54) is 11.0 Å². The average Bonchev–Trinajstić information content (AvgIpc) is 3.12. The number of carbonyl (C=O) groups excluding carboxylic acids is 2. The van der Waals surface area contributed by atoms with Crippen LogP contribution in [0.4, 0.5) is 16.3 Å². The molecule has 0 saturated heterocycles. The normalized spacial score (nSPS) is 10.7. The Morgan fingerprint density at radius 3 is 2.85 bits per heavy atom. The third-order valence-electron chi connectivity index (χ3n) is 3.72. The standard InChI is InChI=1S/C16H19N7O3/c1-4-26-16(25)20-14-8-17-23(21-14)9-15(24)19-11-5-6-13-12(7-11)18-10(2)22(13)3/h5-8H,4,9H2,1-3H3,(H,19,24)(H,20,21,25). The van der Waals surface area contributed by atoms with Gasteiger partial charge in [-0.25, -0.2) is 9.78 Å². The molecule has 0 fully saturated rings. The van der Waals surface area contributed by atoms with Gasteiger partial charge in [0, 0.05) is 12.7 Å². The Morgan fingerprint density at radius 1 is 1.27 bits per heavy atom. The second-order valence-corrected chi connectivity index (χ2v) is 5.58. The summed E-state index contributed by atoms with van der Waals surface area (Å²) < 4.78 is 6.73. The molecule has 0 aliphatic rings. The van der Waals surface area contributed by atoms with Crippen LogP contribution in [0, 0.1) is 6.92 Å². The lowest BCUT2D eigenvalue weighted by atomic mass is 10.2. The second-order valence-electron chi connectivity index (χ2n) is 5.58. The van der Waals surface area contributed by atoms with Crippen molar-refractivity contribution in [2.45, 2.75) is 20.4 Å². The Kier molecular flexibility index (Phi) is 4.83. The molecule has 2 heterocycles. The SMILES string of the molecule is CCOC(=O)Nc1cnn(CC(=O)Nc2ccc3c(c2)nc(C)n3C)n1. The van der Waals surface area contributed by atoms with Crippen LogP contribution >= 0.6 is 0 Å². The molecule has 0 spiro atoms. The summed E-state index contributed by atoms with van der Waals surface area (Å²) in [7, 11) is 1.94. The van der Waals surface area contributed by atoms with Gasteiger partial charge in [-0.05, 0) is 32.0 Å². The number of amides is 2. The van der Waals surface area contributed by atoms with Gasteiger partial charge in [0.1, 0.15) is 12.4 Å². The van der Waals surface area contributed by atoms with Crippen molar-refractivity contribution in [3.63, 3.8) is 0 Å². The van der Waals surface area contributed by atoms with Gasteiger partial charge in [-0.1, -0.05) is 0 Å².